The first-order valence-electron chi connectivity index (χ1n) is 5.25. The Labute approximate surface area is 117 Å². The van der Waals surface area contributed by atoms with Crippen LogP contribution in [0.15, 0.2) is 29.0 Å². The summed E-state index contributed by atoms with van der Waals surface area (Å²) in [4.78, 5) is 25.4. The number of nitrogens with zero attached hydrogens (tertiary/aromatic N) is 2. The number of halogens is 1. The van der Waals surface area contributed by atoms with Crippen LogP contribution >= 0.6 is 11.6 Å². The topological polar surface area (TPSA) is 108 Å². The van der Waals surface area contributed by atoms with Crippen molar-refractivity contribution >= 4 is 34.6 Å². The molecule has 2 aromatic rings. The van der Waals surface area contributed by atoms with Gasteiger partial charge < -0.3 is 14.5 Å². The highest BCUT2D eigenvalue weighted by Crippen LogP contribution is 2.30. The van der Waals surface area contributed by atoms with E-state index in [4.69, 9.17) is 16.0 Å². The molecule has 0 saturated carbocycles. The second kappa shape index (κ2) is 5.57. The number of pyridine rings is 1. The molecule has 2 rings (SSSR count). The number of esters is 1. The predicted octanol–water partition coefficient (Wildman–Crippen LogP) is 2.77. The average Bonchev–Trinajstić information content (AvgIpc) is 2.85. The number of hydrogen-bond acceptors (Lipinski definition) is 7. The summed E-state index contributed by atoms with van der Waals surface area (Å²) in [6, 6.07) is 2.71. The Morgan fingerprint density at radius 1 is 1.55 bits per heavy atom. The van der Waals surface area contributed by atoms with Crippen molar-refractivity contribution < 1.29 is 18.9 Å². The van der Waals surface area contributed by atoms with Crippen molar-refractivity contribution in [2.24, 2.45) is 0 Å². The van der Waals surface area contributed by atoms with Crippen LogP contribution in [0.2, 0.25) is 5.15 Å². The fraction of sp³-hybridized carbons (Fsp3) is 0.0909. The zero-order valence-electron chi connectivity index (χ0n) is 10.1. The number of carbonyl (C=O) groups is 1. The number of anilines is 2. The zero-order chi connectivity index (χ0) is 14.7. The summed E-state index contributed by atoms with van der Waals surface area (Å²) in [7, 11) is 1.19. The van der Waals surface area contributed by atoms with Gasteiger partial charge in [-0.1, -0.05) is 11.6 Å². The summed E-state index contributed by atoms with van der Waals surface area (Å²) in [6.45, 7) is 0. The van der Waals surface area contributed by atoms with Crippen LogP contribution in [0.5, 0.6) is 0 Å². The van der Waals surface area contributed by atoms with Crippen LogP contribution in [0.1, 0.15) is 10.6 Å². The minimum absolute atomic E-state index is 0.0706. The molecule has 0 aromatic carbocycles. The molecule has 0 aliphatic rings. The van der Waals surface area contributed by atoms with Crippen LogP contribution in [0.25, 0.3) is 0 Å². The van der Waals surface area contributed by atoms with Gasteiger partial charge in [0, 0.05) is 12.1 Å². The Morgan fingerprint density at radius 3 is 2.95 bits per heavy atom. The molecule has 0 fully saturated rings. The van der Waals surface area contributed by atoms with E-state index in [1.54, 1.807) is 0 Å². The lowest BCUT2D eigenvalue weighted by Crippen LogP contribution is -2.04. The molecule has 2 aromatic heterocycles. The minimum Gasteiger partial charge on any atom is -0.463 e. The Balaban J connectivity index is 2.40. The Bertz CT molecular complexity index is 670. The number of nitrogens with one attached hydrogen (secondary N) is 1. The summed E-state index contributed by atoms with van der Waals surface area (Å²) in [5.74, 6) is -0.810. The molecule has 0 amide bonds. The molecule has 1 N–H and O–H groups in total. The Kier molecular flexibility index (Phi) is 3.85. The van der Waals surface area contributed by atoms with Gasteiger partial charge in [0.25, 0.3) is 0 Å². The zero-order valence-corrected chi connectivity index (χ0v) is 10.9. The molecule has 104 valence electrons. The number of ether oxygens (including phenoxy) is 1. The lowest BCUT2D eigenvalue weighted by molar-refractivity contribution is -0.384. The van der Waals surface area contributed by atoms with E-state index >= 15 is 0 Å². The molecule has 0 spiro atoms. The lowest BCUT2D eigenvalue weighted by atomic mass is 10.3. The van der Waals surface area contributed by atoms with Crippen LogP contribution in [0.4, 0.5) is 17.1 Å². The first-order chi connectivity index (χ1) is 9.52. The van der Waals surface area contributed by atoms with Crippen molar-refractivity contribution in [2.75, 3.05) is 12.4 Å². The maximum atomic E-state index is 11.4. The van der Waals surface area contributed by atoms with E-state index in [2.05, 4.69) is 15.0 Å². The molecule has 0 bridgehead atoms. The molecule has 0 saturated heterocycles. The number of carbonyl (C=O) groups excluding carboxylic acids is 1. The molecule has 9 heteroatoms. The largest absolute Gasteiger partial charge is 0.463 e. The van der Waals surface area contributed by atoms with Gasteiger partial charge in [0.1, 0.15) is 17.0 Å². The van der Waals surface area contributed by atoms with E-state index in [0.29, 0.717) is 0 Å². The average molecular weight is 298 g/mol. The summed E-state index contributed by atoms with van der Waals surface area (Å²) in [5, 5.41) is 13.7. The molecular formula is C11H8ClN3O5. The van der Waals surface area contributed by atoms with Gasteiger partial charge in [-0.05, 0) is 0 Å². The lowest BCUT2D eigenvalue weighted by Gasteiger charge is -2.06. The SMILES string of the molecule is COC(=O)c1occc1Nc1cc(Cl)ncc1[N+](=O)[O-]. The van der Waals surface area contributed by atoms with E-state index in [-0.39, 0.29) is 28.0 Å². The fourth-order valence-electron chi connectivity index (χ4n) is 1.47. The number of nitro groups is 1. The van der Waals surface area contributed by atoms with E-state index in [1.165, 1.54) is 25.5 Å². The van der Waals surface area contributed by atoms with Crippen LogP contribution in [-0.2, 0) is 4.74 Å². The normalized spacial score (nSPS) is 10.1. The summed E-state index contributed by atoms with van der Waals surface area (Å²) in [6.07, 6.45) is 2.27. The van der Waals surface area contributed by atoms with Crippen molar-refractivity contribution in [3.05, 3.63) is 45.6 Å². The number of methoxy groups -OCH3 is 1. The fourth-order valence-corrected chi connectivity index (χ4v) is 1.63. The maximum Gasteiger partial charge on any atom is 0.376 e. The van der Waals surface area contributed by atoms with Crippen LogP contribution in [-0.4, -0.2) is 23.0 Å². The quantitative estimate of drug-likeness (QED) is 0.400. The first-order valence-corrected chi connectivity index (χ1v) is 5.63. The highest BCUT2D eigenvalue weighted by atomic mass is 35.5. The predicted molar refractivity (Wildman–Crippen MR) is 69.2 cm³/mol. The van der Waals surface area contributed by atoms with Crippen molar-refractivity contribution in [3.63, 3.8) is 0 Å². The highest BCUT2D eigenvalue weighted by molar-refractivity contribution is 6.29. The Morgan fingerprint density at radius 2 is 2.30 bits per heavy atom. The van der Waals surface area contributed by atoms with Crippen molar-refractivity contribution in [1.82, 2.24) is 4.98 Å². The molecular weight excluding hydrogens is 290 g/mol. The standard InChI is InChI=1S/C11H8ClN3O5/c1-19-11(16)10-6(2-3-20-10)14-7-4-9(12)13-5-8(7)15(17)18/h2-5H,1H3,(H,13,14). The summed E-state index contributed by atoms with van der Waals surface area (Å²) in [5.41, 5.74) is 0.0233. The number of furan rings is 1. The van der Waals surface area contributed by atoms with Gasteiger partial charge >= 0.3 is 11.7 Å². The molecule has 2 heterocycles. The van der Waals surface area contributed by atoms with Gasteiger partial charge in [0.2, 0.25) is 5.76 Å². The molecule has 0 atom stereocenters. The van der Waals surface area contributed by atoms with Crippen LogP contribution in [0, 0.1) is 10.1 Å². The van der Waals surface area contributed by atoms with Crippen LogP contribution < -0.4 is 5.32 Å². The van der Waals surface area contributed by atoms with Gasteiger partial charge in [-0.15, -0.1) is 0 Å². The smallest absolute Gasteiger partial charge is 0.376 e. The molecule has 20 heavy (non-hydrogen) atoms. The molecule has 8 nitrogen and oxygen atoms in total. The van der Waals surface area contributed by atoms with Gasteiger partial charge in [-0.2, -0.15) is 0 Å². The molecule has 0 unspecified atom stereocenters. The summed E-state index contributed by atoms with van der Waals surface area (Å²) < 4.78 is 9.49. The Hall–Kier alpha value is -2.61. The van der Waals surface area contributed by atoms with Crippen molar-refractivity contribution in [2.45, 2.75) is 0 Å². The second-order valence-corrected chi connectivity index (χ2v) is 3.95. The number of rotatable bonds is 4. The third-order valence-corrected chi connectivity index (χ3v) is 2.56. The molecule has 0 aliphatic carbocycles. The summed E-state index contributed by atoms with van der Waals surface area (Å²) >= 11 is 5.70. The van der Waals surface area contributed by atoms with E-state index in [9.17, 15) is 14.9 Å². The monoisotopic (exact) mass is 297 g/mol. The van der Waals surface area contributed by atoms with Crippen molar-refractivity contribution in [3.8, 4) is 0 Å². The van der Waals surface area contributed by atoms with Crippen LogP contribution in [0.3, 0.4) is 0 Å². The van der Waals surface area contributed by atoms with Crippen molar-refractivity contribution in [1.29, 1.82) is 0 Å². The first kappa shape index (κ1) is 13.8. The third-order valence-electron chi connectivity index (χ3n) is 2.35. The van der Waals surface area contributed by atoms with Gasteiger partial charge in [0.05, 0.1) is 24.0 Å². The van der Waals surface area contributed by atoms with E-state index in [1.807, 2.05) is 0 Å². The maximum absolute atomic E-state index is 11.4. The van der Waals surface area contributed by atoms with Gasteiger partial charge in [-0.3, -0.25) is 10.1 Å². The van der Waals surface area contributed by atoms with Gasteiger partial charge in [-0.25, -0.2) is 9.78 Å². The highest BCUT2D eigenvalue weighted by Gasteiger charge is 2.20. The van der Waals surface area contributed by atoms with E-state index in [0.717, 1.165) is 6.20 Å². The molecule has 0 aliphatic heterocycles. The number of aromatic nitrogens is 1. The second-order valence-electron chi connectivity index (χ2n) is 3.56. The third kappa shape index (κ3) is 2.69. The minimum atomic E-state index is -0.708. The number of hydrogen-bond donors (Lipinski definition) is 1. The van der Waals surface area contributed by atoms with Gasteiger partial charge in [0.15, 0.2) is 0 Å². The molecule has 0 radical (unpaired) electrons. The van der Waals surface area contributed by atoms with E-state index < -0.39 is 10.9 Å².